The van der Waals surface area contributed by atoms with E-state index >= 15 is 0 Å². The van der Waals surface area contributed by atoms with Crippen molar-refractivity contribution in [1.29, 1.82) is 0 Å². The molecule has 1 heterocycles. The molecular formula is C21H18ClN3O2. The summed E-state index contributed by atoms with van der Waals surface area (Å²) >= 11 is 6.19. The van der Waals surface area contributed by atoms with Crippen LogP contribution in [0.1, 0.15) is 31.8 Å². The van der Waals surface area contributed by atoms with Crippen LogP contribution in [0.4, 0.5) is 11.5 Å². The van der Waals surface area contributed by atoms with Gasteiger partial charge in [0.05, 0.1) is 10.7 Å². The van der Waals surface area contributed by atoms with Crippen molar-refractivity contribution in [1.82, 2.24) is 4.98 Å². The van der Waals surface area contributed by atoms with E-state index in [-0.39, 0.29) is 11.8 Å². The average molecular weight is 380 g/mol. The van der Waals surface area contributed by atoms with Gasteiger partial charge >= 0.3 is 0 Å². The van der Waals surface area contributed by atoms with Crippen molar-refractivity contribution < 1.29 is 9.59 Å². The smallest absolute Gasteiger partial charge is 0.256 e. The first-order valence-electron chi connectivity index (χ1n) is 8.34. The minimum Gasteiger partial charge on any atom is -0.321 e. The summed E-state index contributed by atoms with van der Waals surface area (Å²) in [5.74, 6) is -0.162. The molecule has 0 bridgehead atoms. The van der Waals surface area contributed by atoms with Crippen molar-refractivity contribution in [3.05, 3.63) is 88.1 Å². The van der Waals surface area contributed by atoms with Crippen molar-refractivity contribution in [2.45, 2.75) is 13.8 Å². The van der Waals surface area contributed by atoms with Gasteiger partial charge in [0.15, 0.2) is 0 Å². The summed E-state index contributed by atoms with van der Waals surface area (Å²) in [4.78, 5) is 29.1. The number of amides is 2. The number of hydrogen-bond acceptors (Lipinski definition) is 3. The van der Waals surface area contributed by atoms with Gasteiger partial charge in [0.2, 0.25) is 0 Å². The van der Waals surface area contributed by atoms with E-state index < -0.39 is 0 Å². The van der Waals surface area contributed by atoms with Crippen molar-refractivity contribution in [3.8, 4) is 0 Å². The van der Waals surface area contributed by atoms with E-state index in [0.29, 0.717) is 27.7 Å². The van der Waals surface area contributed by atoms with E-state index in [0.717, 1.165) is 11.1 Å². The fourth-order valence-electron chi connectivity index (χ4n) is 2.57. The molecule has 3 aromatic rings. The van der Waals surface area contributed by atoms with Crippen molar-refractivity contribution in [2.24, 2.45) is 0 Å². The first kappa shape index (κ1) is 18.6. The average Bonchev–Trinajstić information content (AvgIpc) is 2.63. The number of carbonyl (C=O) groups excluding carboxylic acids is 2. The molecule has 0 aliphatic rings. The molecule has 2 N–H and O–H groups in total. The number of hydrogen-bond donors (Lipinski definition) is 2. The second-order valence-corrected chi connectivity index (χ2v) is 6.54. The van der Waals surface area contributed by atoms with Gasteiger partial charge in [-0.1, -0.05) is 29.8 Å². The van der Waals surface area contributed by atoms with Gasteiger partial charge in [0.25, 0.3) is 11.8 Å². The fraction of sp³-hybridized carbons (Fsp3) is 0.0952. The maximum atomic E-state index is 12.5. The molecule has 0 aliphatic heterocycles. The Labute approximate surface area is 162 Å². The van der Waals surface area contributed by atoms with Gasteiger partial charge in [-0.3, -0.25) is 9.59 Å². The third-order valence-electron chi connectivity index (χ3n) is 4.02. The number of carbonyl (C=O) groups is 2. The molecule has 136 valence electrons. The lowest BCUT2D eigenvalue weighted by Crippen LogP contribution is -2.16. The number of anilines is 2. The van der Waals surface area contributed by atoms with Gasteiger partial charge in [-0.15, -0.1) is 0 Å². The quantitative estimate of drug-likeness (QED) is 0.680. The van der Waals surface area contributed by atoms with Crippen LogP contribution < -0.4 is 10.6 Å². The summed E-state index contributed by atoms with van der Waals surface area (Å²) in [6.07, 6.45) is 1.63. The van der Waals surface area contributed by atoms with Gasteiger partial charge in [0.1, 0.15) is 5.82 Å². The maximum Gasteiger partial charge on any atom is 0.256 e. The highest BCUT2D eigenvalue weighted by atomic mass is 35.5. The highest BCUT2D eigenvalue weighted by Crippen LogP contribution is 2.24. The Morgan fingerprint density at radius 1 is 0.926 bits per heavy atom. The third-order valence-corrected chi connectivity index (χ3v) is 4.35. The van der Waals surface area contributed by atoms with Crippen molar-refractivity contribution in [3.63, 3.8) is 0 Å². The highest BCUT2D eigenvalue weighted by Gasteiger charge is 2.14. The molecule has 5 nitrogen and oxygen atoms in total. The van der Waals surface area contributed by atoms with Crippen LogP contribution in [0.2, 0.25) is 5.02 Å². The first-order chi connectivity index (χ1) is 12.9. The normalized spacial score (nSPS) is 10.3. The van der Waals surface area contributed by atoms with Crippen LogP contribution in [0.3, 0.4) is 0 Å². The molecule has 2 aromatic carbocycles. The molecule has 1 aromatic heterocycles. The van der Waals surface area contributed by atoms with Gasteiger partial charge in [-0.25, -0.2) is 4.98 Å². The van der Waals surface area contributed by atoms with E-state index in [1.54, 1.807) is 42.6 Å². The number of benzene rings is 2. The number of aryl methyl sites for hydroxylation is 2. The number of rotatable bonds is 4. The van der Waals surface area contributed by atoms with Crippen molar-refractivity contribution >= 4 is 34.9 Å². The zero-order chi connectivity index (χ0) is 19.4. The third kappa shape index (κ3) is 4.51. The minimum atomic E-state index is -0.337. The van der Waals surface area contributed by atoms with E-state index in [9.17, 15) is 9.59 Å². The number of nitrogens with one attached hydrogen (secondary N) is 2. The predicted octanol–water partition coefficient (Wildman–Crippen LogP) is 4.86. The molecule has 2 amide bonds. The molecule has 0 saturated carbocycles. The van der Waals surface area contributed by atoms with E-state index in [1.165, 1.54) is 0 Å². The standard InChI is InChI=1S/C21H18ClN3O2/c1-13-9-10-23-19(11-13)25-20(26)15-7-8-17(22)18(12-15)24-21(27)16-6-4-3-5-14(16)2/h3-12H,1-2H3,(H,24,27)(H,23,25,26). The predicted molar refractivity (Wildman–Crippen MR) is 108 cm³/mol. The zero-order valence-electron chi connectivity index (χ0n) is 14.9. The first-order valence-corrected chi connectivity index (χ1v) is 8.72. The Morgan fingerprint density at radius 3 is 2.44 bits per heavy atom. The molecule has 0 unspecified atom stereocenters. The lowest BCUT2D eigenvalue weighted by atomic mass is 10.1. The van der Waals surface area contributed by atoms with Crippen LogP contribution in [0.15, 0.2) is 60.8 Å². The largest absolute Gasteiger partial charge is 0.321 e. The Bertz CT molecular complexity index is 1020. The summed E-state index contributed by atoms with van der Waals surface area (Å²) in [6.45, 7) is 3.77. The van der Waals surface area contributed by atoms with Crippen LogP contribution in [0.25, 0.3) is 0 Å². The molecule has 6 heteroatoms. The Morgan fingerprint density at radius 2 is 1.70 bits per heavy atom. The number of nitrogens with zero attached hydrogens (tertiary/aromatic N) is 1. The van der Waals surface area contributed by atoms with Gasteiger partial charge in [0, 0.05) is 17.3 Å². The molecule has 3 rings (SSSR count). The summed E-state index contributed by atoms with van der Waals surface area (Å²) in [5, 5.41) is 5.85. The van der Waals surface area contributed by atoms with Gasteiger partial charge in [-0.05, 0) is 61.4 Å². The van der Waals surface area contributed by atoms with Crippen LogP contribution in [0.5, 0.6) is 0 Å². The summed E-state index contributed by atoms with van der Waals surface area (Å²) < 4.78 is 0. The van der Waals surface area contributed by atoms with Crippen LogP contribution >= 0.6 is 11.6 Å². The Hall–Kier alpha value is -3.18. The summed E-state index contributed by atoms with van der Waals surface area (Å²) in [6, 6.07) is 15.6. The molecule has 0 spiro atoms. The van der Waals surface area contributed by atoms with Crippen LogP contribution in [0, 0.1) is 13.8 Å². The van der Waals surface area contributed by atoms with Gasteiger partial charge < -0.3 is 10.6 Å². The maximum absolute atomic E-state index is 12.5. The lowest BCUT2D eigenvalue weighted by molar-refractivity contribution is 0.101. The summed E-state index contributed by atoms with van der Waals surface area (Å²) in [5.41, 5.74) is 3.12. The SMILES string of the molecule is Cc1ccnc(NC(=O)c2ccc(Cl)c(NC(=O)c3ccccc3C)c2)c1. The lowest BCUT2D eigenvalue weighted by Gasteiger charge is -2.11. The van der Waals surface area contributed by atoms with Crippen LogP contribution in [-0.4, -0.2) is 16.8 Å². The molecule has 0 radical (unpaired) electrons. The Kier molecular flexibility index (Phi) is 5.52. The van der Waals surface area contributed by atoms with Crippen molar-refractivity contribution in [2.75, 3.05) is 10.6 Å². The minimum absolute atomic E-state index is 0.284. The van der Waals surface area contributed by atoms with Gasteiger partial charge in [-0.2, -0.15) is 0 Å². The van der Waals surface area contributed by atoms with E-state index in [1.807, 2.05) is 32.0 Å². The molecule has 0 atom stereocenters. The van der Waals surface area contributed by atoms with Crippen LogP contribution in [-0.2, 0) is 0 Å². The van der Waals surface area contributed by atoms with E-state index in [4.69, 9.17) is 11.6 Å². The second-order valence-electron chi connectivity index (χ2n) is 6.14. The second kappa shape index (κ2) is 8.01. The number of halogens is 1. The molecule has 0 fully saturated rings. The number of aromatic nitrogens is 1. The zero-order valence-corrected chi connectivity index (χ0v) is 15.7. The Balaban J connectivity index is 1.81. The highest BCUT2D eigenvalue weighted by molar-refractivity contribution is 6.34. The summed E-state index contributed by atoms with van der Waals surface area (Å²) in [7, 11) is 0. The topological polar surface area (TPSA) is 71.1 Å². The van der Waals surface area contributed by atoms with E-state index in [2.05, 4.69) is 15.6 Å². The molecule has 27 heavy (non-hydrogen) atoms. The molecular weight excluding hydrogens is 362 g/mol. The fourth-order valence-corrected chi connectivity index (χ4v) is 2.74. The monoisotopic (exact) mass is 379 g/mol. The molecule has 0 saturated heterocycles. The molecule has 0 aliphatic carbocycles. The number of pyridine rings is 1.